The van der Waals surface area contributed by atoms with Gasteiger partial charge in [0.2, 0.25) is 0 Å². The molecule has 0 fully saturated rings. The maximum atomic E-state index is 3.39. The lowest BCUT2D eigenvalue weighted by molar-refractivity contribution is 0.304. The van der Waals surface area contributed by atoms with Crippen molar-refractivity contribution in [3.8, 4) is 0 Å². The lowest BCUT2D eigenvalue weighted by atomic mass is 9.86. The van der Waals surface area contributed by atoms with Gasteiger partial charge in [-0.05, 0) is 25.3 Å². The molecule has 0 aromatic heterocycles. The van der Waals surface area contributed by atoms with E-state index < -0.39 is 0 Å². The molecule has 74 valence electrons. The van der Waals surface area contributed by atoms with Gasteiger partial charge in [-0.2, -0.15) is 0 Å². The molecule has 0 aliphatic carbocycles. The van der Waals surface area contributed by atoms with Crippen LogP contribution in [0.15, 0.2) is 0 Å². The summed E-state index contributed by atoms with van der Waals surface area (Å²) in [7, 11) is 2.08. The molecule has 0 aromatic rings. The minimum absolute atomic E-state index is 0.460. The normalized spacial score (nSPS) is 14.8. The molecule has 0 amide bonds. The fourth-order valence-electron chi connectivity index (χ4n) is 1.54. The van der Waals surface area contributed by atoms with Crippen LogP contribution in [0.3, 0.4) is 0 Å². The lowest BCUT2D eigenvalue weighted by Gasteiger charge is -2.25. The molecule has 0 saturated heterocycles. The van der Waals surface area contributed by atoms with Crippen LogP contribution in [0.5, 0.6) is 0 Å². The van der Waals surface area contributed by atoms with Crippen LogP contribution in [0.25, 0.3) is 0 Å². The SMILES string of the molecule is CCCCC(CC(C)(C)C)NC. The molecule has 0 spiro atoms. The van der Waals surface area contributed by atoms with Gasteiger partial charge in [0.05, 0.1) is 0 Å². The second-order valence-electron chi connectivity index (χ2n) is 4.89. The Kier molecular flexibility index (Phi) is 5.56. The predicted molar refractivity (Wildman–Crippen MR) is 56.4 cm³/mol. The Morgan fingerprint density at radius 3 is 2.17 bits per heavy atom. The standard InChI is InChI=1S/C11H25N/c1-6-7-8-10(12-5)9-11(2,3)4/h10,12H,6-9H2,1-5H3. The molecule has 1 nitrogen and oxygen atoms in total. The molecule has 1 N–H and O–H groups in total. The molecule has 0 radical (unpaired) electrons. The molecule has 0 heterocycles. The molecule has 0 aromatic carbocycles. The van der Waals surface area contributed by atoms with Crippen molar-refractivity contribution in [2.24, 2.45) is 5.41 Å². The Bertz CT molecular complexity index is 102. The Hall–Kier alpha value is -0.0400. The topological polar surface area (TPSA) is 12.0 Å². The first kappa shape index (κ1) is 12.0. The number of nitrogens with one attached hydrogen (secondary N) is 1. The highest BCUT2D eigenvalue weighted by Gasteiger charge is 2.16. The molecule has 1 heteroatoms. The van der Waals surface area contributed by atoms with E-state index in [0.717, 1.165) is 0 Å². The summed E-state index contributed by atoms with van der Waals surface area (Å²) in [5.41, 5.74) is 0.460. The third kappa shape index (κ3) is 6.66. The molecule has 1 atom stereocenters. The van der Waals surface area contributed by atoms with Crippen molar-refractivity contribution in [1.82, 2.24) is 5.32 Å². The summed E-state index contributed by atoms with van der Waals surface area (Å²) in [5, 5.41) is 3.39. The van der Waals surface area contributed by atoms with E-state index in [2.05, 4.69) is 40.1 Å². The van der Waals surface area contributed by atoms with Crippen LogP contribution in [0.1, 0.15) is 53.4 Å². The van der Waals surface area contributed by atoms with Gasteiger partial charge in [0, 0.05) is 6.04 Å². The number of unbranched alkanes of at least 4 members (excludes halogenated alkanes) is 1. The quantitative estimate of drug-likeness (QED) is 0.670. The smallest absolute Gasteiger partial charge is 0.00690 e. The summed E-state index contributed by atoms with van der Waals surface area (Å²) in [6.07, 6.45) is 5.26. The largest absolute Gasteiger partial charge is 0.317 e. The summed E-state index contributed by atoms with van der Waals surface area (Å²) < 4.78 is 0. The monoisotopic (exact) mass is 171 g/mol. The van der Waals surface area contributed by atoms with E-state index in [0.29, 0.717) is 11.5 Å². The van der Waals surface area contributed by atoms with Crippen LogP contribution in [-0.4, -0.2) is 13.1 Å². The summed E-state index contributed by atoms with van der Waals surface area (Å²) in [5.74, 6) is 0. The third-order valence-electron chi connectivity index (χ3n) is 2.17. The number of hydrogen-bond donors (Lipinski definition) is 1. The summed E-state index contributed by atoms with van der Waals surface area (Å²) >= 11 is 0. The number of rotatable bonds is 5. The molecule has 0 rings (SSSR count). The van der Waals surface area contributed by atoms with E-state index in [1.54, 1.807) is 0 Å². The van der Waals surface area contributed by atoms with E-state index in [1.165, 1.54) is 25.7 Å². The highest BCUT2D eigenvalue weighted by atomic mass is 14.9. The molecule has 1 unspecified atom stereocenters. The van der Waals surface area contributed by atoms with Crippen molar-refractivity contribution in [2.45, 2.75) is 59.4 Å². The lowest BCUT2D eigenvalue weighted by Crippen LogP contribution is -2.29. The van der Waals surface area contributed by atoms with Crippen molar-refractivity contribution in [1.29, 1.82) is 0 Å². The summed E-state index contributed by atoms with van der Waals surface area (Å²) in [6, 6.07) is 0.713. The van der Waals surface area contributed by atoms with E-state index in [-0.39, 0.29) is 0 Å². The molecule has 12 heavy (non-hydrogen) atoms. The van der Waals surface area contributed by atoms with Crippen LogP contribution in [-0.2, 0) is 0 Å². The summed E-state index contributed by atoms with van der Waals surface area (Å²) in [6.45, 7) is 9.18. The van der Waals surface area contributed by atoms with Gasteiger partial charge in [-0.3, -0.25) is 0 Å². The minimum atomic E-state index is 0.460. The van der Waals surface area contributed by atoms with Crippen LogP contribution >= 0.6 is 0 Å². The van der Waals surface area contributed by atoms with E-state index in [1.807, 2.05) is 0 Å². The van der Waals surface area contributed by atoms with Crippen molar-refractivity contribution in [3.63, 3.8) is 0 Å². The van der Waals surface area contributed by atoms with Crippen LogP contribution < -0.4 is 5.32 Å². The summed E-state index contributed by atoms with van der Waals surface area (Å²) in [4.78, 5) is 0. The Morgan fingerprint density at radius 2 is 1.83 bits per heavy atom. The van der Waals surface area contributed by atoms with Crippen LogP contribution in [0, 0.1) is 5.41 Å². The maximum absolute atomic E-state index is 3.39. The van der Waals surface area contributed by atoms with Crippen LogP contribution in [0.4, 0.5) is 0 Å². The van der Waals surface area contributed by atoms with Gasteiger partial charge in [-0.1, -0.05) is 40.5 Å². The van der Waals surface area contributed by atoms with Gasteiger partial charge >= 0.3 is 0 Å². The Balaban J connectivity index is 3.67. The zero-order valence-corrected chi connectivity index (χ0v) is 9.41. The second kappa shape index (κ2) is 5.58. The van der Waals surface area contributed by atoms with E-state index in [4.69, 9.17) is 0 Å². The van der Waals surface area contributed by atoms with Gasteiger partial charge in [0.1, 0.15) is 0 Å². The first-order chi connectivity index (χ1) is 5.49. The highest BCUT2D eigenvalue weighted by molar-refractivity contribution is 4.72. The van der Waals surface area contributed by atoms with Crippen molar-refractivity contribution >= 4 is 0 Å². The van der Waals surface area contributed by atoms with E-state index in [9.17, 15) is 0 Å². The van der Waals surface area contributed by atoms with Gasteiger partial charge in [0.15, 0.2) is 0 Å². The second-order valence-corrected chi connectivity index (χ2v) is 4.89. The predicted octanol–water partition coefficient (Wildman–Crippen LogP) is 3.20. The third-order valence-corrected chi connectivity index (χ3v) is 2.17. The van der Waals surface area contributed by atoms with Crippen LogP contribution in [0.2, 0.25) is 0 Å². The maximum Gasteiger partial charge on any atom is 0.00690 e. The van der Waals surface area contributed by atoms with Crippen molar-refractivity contribution in [2.75, 3.05) is 7.05 Å². The van der Waals surface area contributed by atoms with Crippen molar-refractivity contribution in [3.05, 3.63) is 0 Å². The van der Waals surface area contributed by atoms with Gasteiger partial charge in [-0.15, -0.1) is 0 Å². The molecule has 0 aliphatic rings. The molecular weight excluding hydrogens is 146 g/mol. The van der Waals surface area contributed by atoms with E-state index >= 15 is 0 Å². The molecule has 0 saturated carbocycles. The van der Waals surface area contributed by atoms with Crippen molar-refractivity contribution < 1.29 is 0 Å². The molecule has 0 bridgehead atoms. The zero-order valence-electron chi connectivity index (χ0n) is 9.41. The number of hydrogen-bond acceptors (Lipinski definition) is 1. The minimum Gasteiger partial charge on any atom is -0.317 e. The first-order valence-electron chi connectivity index (χ1n) is 5.17. The molecule has 0 aliphatic heterocycles. The first-order valence-corrected chi connectivity index (χ1v) is 5.17. The van der Waals surface area contributed by atoms with Gasteiger partial charge < -0.3 is 5.32 Å². The van der Waals surface area contributed by atoms with Gasteiger partial charge in [0.25, 0.3) is 0 Å². The fraction of sp³-hybridized carbons (Fsp3) is 1.00. The highest BCUT2D eigenvalue weighted by Crippen LogP contribution is 2.22. The average Bonchev–Trinajstić information content (AvgIpc) is 1.95. The zero-order chi connectivity index (χ0) is 9.61. The van der Waals surface area contributed by atoms with Gasteiger partial charge in [-0.25, -0.2) is 0 Å². The fourth-order valence-corrected chi connectivity index (χ4v) is 1.54. The Labute approximate surface area is 77.9 Å². The average molecular weight is 171 g/mol. The Morgan fingerprint density at radius 1 is 1.25 bits per heavy atom. The molecular formula is C11H25N.